The van der Waals surface area contributed by atoms with Gasteiger partial charge in [-0.15, -0.1) is 0 Å². The molecule has 0 spiro atoms. The Kier molecular flexibility index (Phi) is 4.17. The summed E-state index contributed by atoms with van der Waals surface area (Å²) < 4.78 is 1.88. The molecule has 1 amide bonds. The lowest BCUT2D eigenvalue weighted by Crippen LogP contribution is -2.43. The molecule has 2 aromatic rings. The molecule has 0 bridgehead atoms. The van der Waals surface area contributed by atoms with E-state index in [2.05, 4.69) is 5.32 Å². The molecule has 0 fully saturated rings. The summed E-state index contributed by atoms with van der Waals surface area (Å²) in [7, 11) is 0. The highest BCUT2D eigenvalue weighted by Gasteiger charge is 2.19. The van der Waals surface area contributed by atoms with Crippen LogP contribution in [0.5, 0.6) is 0 Å². The Morgan fingerprint density at radius 3 is 2.25 bits per heavy atom. The number of aliphatic carboxylic acids is 1. The molecule has 1 atom stereocenters. The first-order valence-electron chi connectivity index (χ1n) is 6.00. The highest BCUT2D eigenvalue weighted by molar-refractivity contribution is 5.96. The molecule has 1 aromatic carbocycles. The molecule has 0 saturated heterocycles. The van der Waals surface area contributed by atoms with E-state index >= 15 is 0 Å². The average Bonchev–Trinajstić information content (AvgIpc) is 2.98. The molecule has 6 heteroatoms. The van der Waals surface area contributed by atoms with E-state index in [1.165, 1.54) is 0 Å². The van der Waals surface area contributed by atoms with E-state index in [1.54, 1.807) is 24.3 Å². The van der Waals surface area contributed by atoms with Crippen molar-refractivity contribution in [3.05, 3.63) is 54.4 Å². The topological polar surface area (TPSA) is 91.6 Å². The smallest absolute Gasteiger partial charge is 0.328 e. The van der Waals surface area contributed by atoms with Gasteiger partial charge in [-0.25, -0.2) is 4.79 Å². The average molecular weight is 274 g/mol. The predicted octanol–water partition coefficient (Wildman–Crippen LogP) is 0.653. The third kappa shape index (κ3) is 3.04. The van der Waals surface area contributed by atoms with Gasteiger partial charge in [0, 0.05) is 23.6 Å². The van der Waals surface area contributed by atoms with Crippen LogP contribution >= 0.6 is 0 Å². The first-order chi connectivity index (χ1) is 9.61. The van der Waals surface area contributed by atoms with Gasteiger partial charge in [0.15, 0.2) is 6.04 Å². The van der Waals surface area contributed by atoms with Crippen LogP contribution < -0.4 is 5.32 Å². The number of aliphatic hydroxyl groups excluding tert-OH is 1. The summed E-state index contributed by atoms with van der Waals surface area (Å²) in [5, 5.41) is 19.9. The van der Waals surface area contributed by atoms with Gasteiger partial charge in [0.1, 0.15) is 0 Å². The van der Waals surface area contributed by atoms with E-state index in [1.807, 2.05) is 29.1 Å². The van der Waals surface area contributed by atoms with Crippen LogP contribution in [0.1, 0.15) is 10.4 Å². The predicted molar refractivity (Wildman–Crippen MR) is 71.7 cm³/mol. The van der Waals surface area contributed by atoms with Crippen molar-refractivity contribution in [1.82, 2.24) is 9.88 Å². The summed E-state index contributed by atoms with van der Waals surface area (Å²) in [6, 6.07) is 9.18. The van der Waals surface area contributed by atoms with Crippen LogP contribution in [0.2, 0.25) is 0 Å². The first kappa shape index (κ1) is 13.8. The largest absolute Gasteiger partial charge is 0.480 e. The first-order valence-corrected chi connectivity index (χ1v) is 6.00. The lowest BCUT2D eigenvalue weighted by Gasteiger charge is -2.12. The Morgan fingerprint density at radius 2 is 1.75 bits per heavy atom. The maximum Gasteiger partial charge on any atom is 0.328 e. The van der Waals surface area contributed by atoms with Gasteiger partial charge in [-0.05, 0) is 36.4 Å². The highest BCUT2D eigenvalue weighted by atomic mass is 16.4. The van der Waals surface area contributed by atoms with Crippen molar-refractivity contribution in [3.8, 4) is 5.69 Å². The molecule has 0 aliphatic heterocycles. The maximum atomic E-state index is 11.8. The summed E-state index contributed by atoms with van der Waals surface area (Å²) in [6.45, 7) is -0.650. The van der Waals surface area contributed by atoms with Gasteiger partial charge >= 0.3 is 5.97 Å². The van der Waals surface area contributed by atoms with Gasteiger partial charge in [0.05, 0.1) is 6.61 Å². The van der Waals surface area contributed by atoms with Gasteiger partial charge in [-0.1, -0.05) is 0 Å². The van der Waals surface area contributed by atoms with E-state index in [0.717, 1.165) is 5.69 Å². The number of benzene rings is 1. The molecule has 20 heavy (non-hydrogen) atoms. The number of nitrogens with one attached hydrogen (secondary N) is 1. The number of amides is 1. The molecule has 0 radical (unpaired) electrons. The molecule has 1 heterocycles. The fourth-order valence-electron chi connectivity index (χ4n) is 1.72. The zero-order valence-electron chi connectivity index (χ0n) is 10.6. The normalized spacial score (nSPS) is 11.8. The number of rotatable bonds is 5. The quantitative estimate of drug-likeness (QED) is 0.746. The molecule has 0 aliphatic carbocycles. The van der Waals surface area contributed by atoms with Crippen LogP contribution in [0, 0.1) is 0 Å². The maximum absolute atomic E-state index is 11.8. The molecule has 3 N–H and O–H groups in total. The van der Waals surface area contributed by atoms with Crippen molar-refractivity contribution in [2.24, 2.45) is 0 Å². The Morgan fingerprint density at radius 1 is 1.15 bits per heavy atom. The third-order valence-corrected chi connectivity index (χ3v) is 2.82. The van der Waals surface area contributed by atoms with Crippen molar-refractivity contribution >= 4 is 11.9 Å². The summed E-state index contributed by atoms with van der Waals surface area (Å²) in [5.41, 5.74) is 1.23. The number of carbonyl (C=O) groups is 2. The van der Waals surface area contributed by atoms with E-state index in [4.69, 9.17) is 10.2 Å². The van der Waals surface area contributed by atoms with E-state index < -0.39 is 24.5 Å². The molecular formula is C14H14N2O4. The second kappa shape index (κ2) is 6.03. The summed E-state index contributed by atoms with van der Waals surface area (Å²) in [6.07, 6.45) is 3.75. The van der Waals surface area contributed by atoms with Crippen LogP contribution in [0.3, 0.4) is 0 Å². The number of carboxylic acid groups (broad SMARTS) is 1. The van der Waals surface area contributed by atoms with Gasteiger partial charge in [0.2, 0.25) is 0 Å². The van der Waals surface area contributed by atoms with Gasteiger partial charge in [0.25, 0.3) is 5.91 Å². The van der Waals surface area contributed by atoms with Crippen LogP contribution in [0.4, 0.5) is 0 Å². The zero-order valence-corrected chi connectivity index (χ0v) is 10.6. The van der Waals surface area contributed by atoms with Crippen LogP contribution in [-0.4, -0.2) is 39.3 Å². The highest BCUT2D eigenvalue weighted by Crippen LogP contribution is 2.10. The zero-order chi connectivity index (χ0) is 14.5. The van der Waals surface area contributed by atoms with Crippen molar-refractivity contribution in [1.29, 1.82) is 0 Å². The Hall–Kier alpha value is -2.60. The lowest BCUT2D eigenvalue weighted by atomic mass is 10.1. The number of aromatic nitrogens is 1. The van der Waals surface area contributed by atoms with Crippen LogP contribution in [-0.2, 0) is 4.79 Å². The van der Waals surface area contributed by atoms with Gasteiger partial charge < -0.3 is 20.1 Å². The number of hydrogen-bond donors (Lipinski definition) is 3. The van der Waals surface area contributed by atoms with E-state index in [-0.39, 0.29) is 0 Å². The number of nitrogens with zero attached hydrogens (tertiary/aromatic N) is 1. The monoisotopic (exact) mass is 274 g/mol. The van der Waals surface area contributed by atoms with Crippen molar-refractivity contribution < 1.29 is 19.8 Å². The van der Waals surface area contributed by atoms with Crippen molar-refractivity contribution in [2.45, 2.75) is 6.04 Å². The Bertz CT molecular complexity index is 590. The second-order valence-corrected chi connectivity index (χ2v) is 4.18. The number of hydrogen-bond acceptors (Lipinski definition) is 3. The Balaban J connectivity index is 2.10. The van der Waals surface area contributed by atoms with Crippen molar-refractivity contribution in [3.63, 3.8) is 0 Å². The molecular weight excluding hydrogens is 260 g/mol. The fourth-order valence-corrected chi connectivity index (χ4v) is 1.72. The lowest BCUT2D eigenvalue weighted by molar-refractivity contribution is -0.140. The standard InChI is InChI=1S/C14H14N2O4/c17-9-12(14(19)20)15-13(18)10-3-5-11(6-4-10)16-7-1-2-8-16/h1-8,12,17H,9H2,(H,15,18)(H,19,20)/t12-/m0/s1. The van der Waals surface area contributed by atoms with E-state index in [9.17, 15) is 9.59 Å². The summed E-state index contributed by atoms with van der Waals surface area (Å²) in [4.78, 5) is 22.6. The van der Waals surface area contributed by atoms with Crippen molar-refractivity contribution in [2.75, 3.05) is 6.61 Å². The number of carbonyl (C=O) groups excluding carboxylic acids is 1. The number of aliphatic hydroxyl groups is 1. The molecule has 2 rings (SSSR count). The minimum Gasteiger partial charge on any atom is -0.480 e. The second-order valence-electron chi connectivity index (χ2n) is 4.18. The Labute approximate surface area is 115 Å². The van der Waals surface area contributed by atoms with Gasteiger partial charge in [-0.3, -0.25) is 4.79 Å². The van der Waals surface area contributed by atoms with Gasteiger partial charge in [-0.2, -0.15) is 0 Å². The van der Waals surface area contributed by atoms with Crippen LogP contribution in [0.25, 0.3) is 5.69 Å². The molecule has 6 nitrogen and oxygen atoms in total. The minimum absolute atomic E-state index is 0.334. The molecule has 104 valence electrons. The third-order valence-electron chi connectivity index (χ3n) is 2.82. The fraction of sp³-hybridized carbons (Fsp3) is 0.143. The molecule has 0 saturated carbocycles. The molecule has 0 aliphatic rings. The van der Waals surface area contributed by atoms with E-state index in [0.29, 0.717) is 5.56 Å². The van der Waals surface area contributed by atoms with Crippen LogP contribution in [0.15, 0.2) is 48.8 Å². The minimum atomic E-state index is -1.30. The molecule has 1 aromatic heterocycles. The summed E-state index contributed by atoms with van der Waals surface area (Å²) >= 11 is 0. The SMILES string of the molecule is O=C(N[C@@H](CO)C(=O)O)c1ccc(-n2cccc2)cc1. The number of carboxylic acids is 1. The summed E-state index contributed by atoms with van der Waals surface area (Å²) in [5.74, 6) is -1.81. The molecule has 0 unspecified atom stereocenters.